The number of rotatable bonds is 3. The Balaban J connectivity index is 2.64. The number of aryl methyl sites for hydroxylation is 1. The topological polar surface area (TPSA) is 63.3 Å². The minimum Gasteiger partial charge on any atom is -0.477 e. The fraction of sp³-hybridized carbons (Fsp3) is 0.167. The number of hydrogen-bond donors (Lipinski definition) is 1. The normalized spacial score (nSPS) is 10.5. The fourth-order valence-electron chi connectivity index (χ4n) is 1.61. The summed E-state index contributed by atoms with van der Waals surface area (Å²) in [7, 11) is 0. The third-order valence-electron chi connectivity index (χ3n) is 2.43. The van der Waals surface area contributed by atoms with Crippen molar-refractivity contribution in [2.24, 2.45) is 0 Å². The van der Waals surface area contributed by atoms with Crippen LogP contribution in [0.2, 0.25) is 5.02 Å². The van der Waals surface area contributed by atoms with E-state index in [1.165, 1.54) is 0 Å². The van der Waals surface area contributed by atoms with Gasteiger partial charge in [0.15, 0.2) is 5.76 Å². The van der Waals surface area contributed by atoms with Crippen LogP contribution < -0.4 is 0 Å². The highest BCUT2D eigenvalue weighted by atomic mass is 35.5. The van der Waals surface area contributed by atoms with Gasteiger partial charge in [0.25, 0.3) is 0 Å². The Morgan fingerprint density at radius 1 is 1.47 bits per heavy atom. The van der Waals surface area contributed by atoms with E-state index < -0.39 is 5.97 Å². The SMILES string of the molecule is CCc1noc(-c2ccccc2Cl)c1C(=O)O. The lowest BCUT2D eigenvalue weighted by atomic mass is 10.1. The van der Waals surface area contributed by atoms with E-state index in [1.807, 2.05) is 6.92 Å². The quantitative estimate of drug-likeness (QED) is 0.909. The zero-order valence-electron chi connectivity index (χ0n) is 9.11. The van der Waals surface area contributed by atoms with Crippen molar-refractivity contribution < 1.29 is 14.4 Å². The number of halogens is 1. The number of carbonyl (C=O) groups is 1. The third kappa shape index (κ3) is 2.03. The van der Waals surface area contributed by atoms with Crippen LogP contribution >= 0.6 is 11.6 Å². The lowest BCUT2D eigenvalue weighted by Crippen LogP contribution is -2.01. The molecular weight excluding hydrogens is 242 g/mol. The van der Waals surface area contributed by atoms with Gasteiger partial charge >= 0.3 is 5.97 Å². The standard InChI is InChI=1S/C12H10ClNO3/c1-2-9-10(12(15)16)11(17-14-9)7-5-3-4-6-8(7)13/h3-6H,2H2,1H3,(H,15,16). The van der Waals surface area contributed by atoms with Crippen molar-refractivity contribution in [1.29, 1.82) is 0 Å². The Morgan fingerprint density at radius 2 is 2.18 bits per heavy atom. The van der Waals surface area contributed by atoms with Crippen molar-refractivity contribution in [3.63, 3.8) is 0 Å². The molecule has 0 aliphatic rings. The Labute approximate surface area is 103 Å². The van der Waals surface area contributed by atoms with E-state index in [9.17, 15) is 9.90 Å². The molecule has 1 N–H and O–H groups in total. The van der Waals surface area contributed by atoms with Crippen molar-refractivity contribution in [3.05, 3.63) is 40.5 Å². The number of carboxylic acid groups (broad SMARTS) is 1. The molecule has 0 fully saturated rings. The molecule has 1 aromatic carbocycles. The second-order valence-electron chi connectivity index (χ2n) is 3.47. The molecule has 0 amide bonds. The van der Waals surface area contributed by atoms with Crippen LogP contribution in [0.4, 0.5) is 0 Å². The molecule has 0 saturated heterocycles. The molecule has 5 heteroatoms. The fourth-order valence-corrected chi connectivity index (χ4v) is 1.84. The lowest BCUT2D eigenvalue weighted by molar-refractivity contribution is 0.0696. The van der Waals surface area contributed by atoms with Crippen molar-refractivity contribution in [2.75, 3.05) is 0 Å². The van der Waals surface area contributed by atoms with E-state index in [4.69, 9.17) is 16.1 Å². The van der Waals surface area contributed by atoms with Gasteiger partial charge < -0.3 is 9.63 Å². The monoisotopic (exact) mass is 251 g/mol. The molecule has 0 saturated carbocycles. The van der Waals surface area contributed by atoms with Gasteiger partial charge in [-0.1, -0.05) is 35.8 Å². The number of aromatic nitrogens is 1. The maximum absolute atomic E-state index is 11.2. The van der Waals surface area contributed by atoms with Crippen molar-refractivity contribution in [3.8, 4) is 11.3 Å². The molecule has 0 radical (unpaired) electrons. The zero-order chi connectivity index (χ0) is 12.4. The Kier molecular flexibility index (Phi) is 3.15. The van der Waals surface area contributed by atoms with E-state index >= 15 is 0 Å². The lowest BCUT2D eigenvalue weighted by Gasteiger charge is -2.00. The summed E-state index contributed by atoms with van der Waals surface area (Å²) in [6, 6.07) is 6.91. The van der Waals surface area contributed by atoms with Crippen LogP contribution in [-0.4, -0.2) is 16.2 Å². The highest BCUT2D eigenvalue weighted by Gasteiger charge is 2.23. The number of hydrogen-bond acceptors (Lipinski definition) is 3. The smallest absolute Gasteiger partial charge is 0.341 e. The van der Waals surface area contributed by atoms with Crippen LogP contribution in [0.1, 0.15) is 23.0 Å². The molecular formula is C12H10ClNO3. The Hall–Kier alpha value is -1.81. The summed E-state index contributed by atoms with van der Waals surface area (Å²) in [6.45, 7) is 1.82. The van der Waals surface area contributed by atoms with Gasteiger partial charge in [0.1, 0.15) is 5.56 Å². The molecule has 1 aromatic heterocycles. The number of nitrogens with zero attached hydrogens (tertiary/aromatic N) is 1. The molecule has 4 nitrogen and oxygen atoms in total. The number of aromatic carboxylic acids is 1. The van der Waals surface area contributed by atoms with E-state index in [1.54, 1.807) is 24.3 Å². The number of benzene rings is 1. The first-order chi connectivity index (χ1) is 8.15. The molecule has 2 aromatic rings. The summed E-state index contributed by atoms with van der Waals surface area (Å²) in [6.07, 6.45) is 0.496. The molecule has 0 unspecified atom stereocenters. The van der Waals surface area contributed by atoms with Gasteiger partial charge in [-0.3, -0.25) is 0 Å². The summed E-state index contributed by atoms with van der Waals surface area (Å²) >= 11 is 6.01. The van der Waals surface area contributed by atoms with Gasteiger partial charge in [0, 0.05) is 5.56 Å². The van der Waals surface area contributed by atoms with Crippen molar-refractivity contribution in [1.82, 2.24) is 5.16 Å². The van der Waals surface area contributed by atoms with Gasteiger partial charge in [0.05, 0.1) is 10.7 Å². The molecule has 0 aliphatic heterocycles. The molecule has 2 rings (SSSR count). The second kappa shape index (κ2) is 4.59. The minimum absolute atomic E-state index is 0.0839. The van der Waals surface area contributed by atoms with E-state index in [-0.39, 0.29) is 11.3 Å². The summed E-state index contributed by atoms with van der Waals surface area (Å²) in [5, 5.41) is 13.4. The molecule has 0 aliphatic carbocycles. The maximum Gasteiger partial charge on any atom is 0.341 e. The van der Waals surface area contributed by atoms with Crippen LogP contribution in [0.3, 0.4) is 0 Å². The van der Waals surface area contributed by atoms with Crippen LogP contribution in [0.25, 0.3) is 11.3 Å². The first kappa shape index (κ1) is 11.7. The number of carboxylic acids is 1. The molecule has 1 heterocycles. The third-order valence-corrected chi connectivity index (χ3v) is 2.76. The van der Waals surface area contributed by atoms with Gasteiger partial charge in [0.2, 0.25) is 0 Å². The van der Waals surface area contributed by atoms with Crippen LogP contribution in [0, 0.1) is 0 Å². The van der Waals surface area contributed by atoms with Crippen LogP contribution in [0.5, 0.6) is 0 Å². The predicted molar refractivity (Wildman–Crippen MR) is 63.3 cm³/mol. The van der Waals surface area contributed by atoms with Crippen molar-refractivity contribution >= 4 is 17.6 Å². The molecule has 0 spiro atoms. The van der Waals surface area contributed by atoms with Gasteiger partial charge in [-0.15, -0.1) is 0 Å². The second-order valence-corrected chi connectivity index (χ2v) is 3.88. The Morgan fingerprint density at radius 3 is 2.76 bits per heavy atom. The Bertz CT molecular complexity index is 563. The zero-order valence-corrected chi connectivity index (χ0v) is 9.86. The average molecular weight is 252 g/mol. The van der Waals surface area contributed by atoms with E-state index in [0.717, 1.165) is 0 Å². The van der Waals surface area contributed by atoms with Crippen LogP contribution in [-0.2, 0) is 6.42 Å². The predicted octanol–water partition coefficient (Wildman–Crippen LogP) is 3.26. The molecule has 0 bridgehead atoms. The largest absolute Gasteiger partial charge is 0.477 e. The first-order valence-electron chi connectivity index (χ1n) is 5.12. The molecule has 88 valence electrons. The minimum atomic E-state index is -1.06. The van der Waals surface area contributed by atoms with Crippen LogP contribution in [0.15, 0.2) is 28.8 Å². The summed E-state index contributed by atoms with van der Waals surface area (Å²) in [5.74, 6) is -0.849. The highest BCUT2D eigenvalue weighted by Crippen LogP contribution is 2.32. The highest BCUT2D eigenvalue weighted by molar-refractivity contribution is 6.33. The average Bonchev–Trinajstić information content (AvgIpc) is 2.73. The first-order valence-corrected chi connectivity index (χ1v) is 5.49. The molecule has 17 heavy (non-hydrogen) atoms. The van der Waals surface area contributed by atoms with Gasteiger partial charge in [-0.25, -0.2) is 4.79 Å². The van der Waals surface area contributed by atoms with Gasteiger partial charge in [-0.05, 0) is 18.6 Å². The molecule has 0 atom stereocenters. The summed E-state index contributed by atoms with van der Waals surface area (Å²) in [5.41, 5.74) is 1.05. The summed E-state index contributed by atoms with van der Waals surface area (Å²) < 4.78 is 5.10. The maximum atomic E-state index is 11.2. The van der Waals surface area contributed by atoms with E-state index in [2.05, 4.69) is 5.16 Å². The van der Waals surface area contributed by atoms with E-state index in [0.29, 0.717) is 22.7 Å². The van der Waals surface area contributed by atoms with Crippen molar-refractivity contribution in [2.45, 2.75) is 13.3 Å². The van der Waals surface area contributed by atoms with Gasteiger partial charge in [-0.2, -0.15) is 0 Å². The summed E-state index contributed by atoms with van der Waals surface area (Å²) in [4.78, 5) is 11.2.